The molecule has 1 fully saturated rings. The molecule has 1 aromatic carbocycles. The number of rotatable bonds is 4. The average Bonchev–Trinajstić information content (AvgIpc) is 3.54. The van der Waals surface area contributed by atoms with Gasteiger partial charge in [-0.25, -0.2) is 14.2 Å². The maximum atomic E-state index is 16.2. The Balaban J connectivity index is 1.61. The molecule has 0 radical (unpaired) electrons. The zero-order valence-electron chi connectivity index (χ0n) is 24.6. The lowest BCUT2D eigenvalue weighted by Gasteiger charge is -2.39. The number of aromatic nitrogens is 3. The van der Waals surface area contributed by atoms with E-state index in [1.165, 1.54) is 16.9 Å². The zero-order chi connectivity index (χ0) is 30.2. The summed E-state index contributed by atoms with van der Waals surface area (Å²) in [5, 5.41) is 21.2. The second kappa shape index (κ2) is 8.50. The number of hydrazone groups is 1. The van der Waals surface area contributed by atoms with Crippen LogP contribution in [0.2, 0.25) is 0 Å². The number of anilines is 1. The Labute approximate surface area is 228 Å². The third-order valence-corrected chi connectivity index (χ3v) is 7.71. The van der Waals surface area contributed by atoms with Crippen molar-refractivity contribution in [1.29, 1.82) is 5.26 Å². The van der Waals surface area contributed by atoms with E-state index >= 15 is 4.39 Å². The summed E-state index contributed by atoms with van der Waals surface area (Å²) in [4.78, 5) is 16.3. The highest BCUT2D eigenvalue weighted by Crippen LogP contribution is 2.57. The smallest absolute Gasteiger partial charge is 0.152 e. The highest BCUT2D eigenvalue weighted by atomic mass is 19.1. The summed E-state index contributed by atoms with van der Waals surface area (Å²) < 4.78 is 47.3. The molecule has 0 amide bonds. The van der Waals surface area contributed by atoms with Crippen LogP contribution in [0.3, 0.4) is 0 Å². The quantitative estimate of drug-likeness (QED) is 0.437. The lowest BCUT2D eigenvalue weighted by Crippen LogP contribution is -2.36. The average molecular weight is 530 g/mol. The molecule has 3 aliphatic rings. The number of benzene rings is 1. The van der Waals surface area contributed by atoms with Crippen LogP contribution in [-0.4, -0.2) is 45.5 Å². The number of nitriles is 1. The van der Waals surface area contributed by atoms with Crippen molar-refractivity contribution in [2.75, 3.05) is 18.8 Å². The van der Waals surface area contributed by atoms with Gasteiger partial charge in [0.2, 0.25) is 0 Å². The highest BCUT2D eigenvalue weighted by molar-refractivity contribution is 6.12. The Morgan fingerprint density at radius 2 is 2.13 bits per heavy atom. The van der Waals surface area contributed by atoms with Crippen molar-refractivity contribution < 1.29 is 18.0 Å². The number of hydrogen-bond donors (Lipinski definition) is 3. The number of nitrogens with two attached hydrogens (primary N) is 1. The molecular formula is C28H27FN8O2. The van der Waals surface area contributed by atoms with Gasteiger partial charge >= 0.3 is 0 Å². The molecule has 0 atom stereocenters. The van der Waals surface area contributed by atoms with Crippen molar-refractivity contribution in [3.8, 4) is 34.3 Å². The van der Waals surface area contributed by atoms with Crippen LogP contribution < -0.4 is 21.2 Å². The van der Waals surface area contributed by atoms with Gasteiger partial charge in [0, 0.05) is 41.4 Å². The fourth-order valence-corrected chi connectivity index (χ4v) is 5.80. The predicted molar refractivity (Wildman–Crippen MR) is 144 cm³/mol. The summed E-state index contributed by atoms with van der Waals surface area (Å²) in [5.74, 6) is 1.31. The van der Waals surface area contributed by atoms with Crippen molar-refractivity contribution >= 4 is 23.2 Å². The zero-order valence-corrected chi connectivity index (χ0v) is 21.6. The van der Waals surface area contributed by atoms with Gasteiger partial charge in [-0.3, -0.25) is 10.1 Å². The lowest BCUT2D eigenvalue weighted by molar-refractivity contribution is 0.112. The number of halogens is 1. The first kappa shape index (κ1) is 21.4. The fourth-order valence-electron chi connectivity index (χ4n) is 5.80. The van der Waals surface area contributed by atoms with Crippen LogP contribution in [0, 0.1) is 17.1 Å². The molecule has 0 bridgehead atoms. The largest absolute Gasteiger partial charge is 0.486 e. The standard InChI is InChI=1S/C28H27FN8O2/c1-27(2)13-28(5-6-28)39-25-15(9-30)22(18(29)8-17(25)27)24-16(11-33-37(24)4)19-7-14-20(10-31)35-36-21(12-38)23(14)26(32-3)34-19/h7-8,11,36H,5-6,10,13,31H2,1-4H3,(H,32,34)/i3D3. The summed E-state index contributed by atoms with van der Waals surface area (Å²) in [7, 11) is 1.61. The summed E-state index contributed by atoms with van der Waals surface area (Å²) in [5.41, 5.74) is 9.78. The second-order valence-electron chi connectivity index (χ2n) is 10.7. The van der Waals surface area contributed by atoms with Crippen LogP contribution in [0.15, 0.2) is 23.4 Å². The first-order valence-corrected chi connectivity index (χ1v) is 12.4. The number of carbonyl (C=O) groups excluding carboxylic acids is 1. The molecule has 4 N–H and O–H groups in total. The fraction of sp³-hybridized carbons (Fsp3) is 0.357. The number of ether oxygens (including phenoxy) is 1. The molecule has 1 saturated carbocycles. The maximum absolute atomic E-state index is 16.2. The second-order valence-corrected chi connectivity index (χ2v) is 10.7. The maximum Gasteiger partial charge on any atom is 0.152 e. The normalized spacial score (nSPS) is 19.1. The van der Waals surface area contributed by atoms with E-state index in [2.05, 4.69) is 32.0 Å². The number of nitrogens with one attached hydrogen (secondary N) is 2. The van der Waals surface area contributed by atoms with Gasteiger partial charge in [-0.15, -0.1) is 0 Å². The van der Waals surface area contributed by atoms with E-state index in [1.807, 2.05) is 13.8 Å². The van der Waals surface area contributed by atoms with Gasteiger partial charge in [0.1, 0.15) is 34.6 Å². The van der Waals surface area contributed by atoms with E-state index in [0.29, 0.717) is 28.2 Å². The van der Waals surface area contributed by atoms with E-state index in [9.17, 15) is 10.1 Å². The summed E-state index contributed by atoms with van der Waals surface area (Å²) >= 11 is 0. The van der Waals surface area contributed by atoms with Crippen molar-refractivity contribution in [2.45, 2.75) is 44.1 Å². The van der Waals surface area contributed by atoms with Crippen LogP contribution in [0.1, 0.15) is 59.5 Å². The first-order chi connectivity index (χ1) is 19.8. The van der Waals surface area contributed by atoms with Gasteiger partial charge in [0.15, 0.2) is 11.6 Å². The molecule has 1 spiro atoms. The topological polar surface area (TPSA) is 143 Å². The van der Waals surface area contributed by atoms with Crippen molar-refractivity contribution in [2.24, 2.45) is 17.9 Å². The predicted octanol–water partition coefficient (Wildman–Crippen LogP) is 3.23. The monoisotopic (exact) mass is 529 g/mol. The van der Waals surface area contributed by atoms with E-state index in [4.69, 9.17) is 14.6 Å². The van der Waals surface area contributed by atoms with Gasteiger partial charge in [-0.05, 0) is 36.8 Å². The Morgan fingerprint density at radius 3 is 2.79 bits per heavy atom. The number of hydrogen-bond acceptors (Lipinski definition) is 9. The minimum absolute atomic E-state index is 0.00698. The Morgan fingerprint density at radius 1 is 1.33 bits per heavy atom. The third-order valence-electron chi connectivity index (χ3n) is 7.71. The van der Waals surface area contributed by atoms with Crippen molar-refractivity contribution in [1.82, 2.24) is 20.2 Å². The molecule has 3 aromatic rings. The molecule has 4 heterocycles. The van der Waals surface area contributed by atoms with E-state index in [-0.39, 0.29) is 51.7 Å². The Bertz CT molecular complexity index is 1790. The third kappa shape index (κ3) is 3.64. The summed E-state index contributed by atoms with van der Waals surface area (Å²) in [6, 6.07) is 5.18. The molecule has 6 rings (SSSR count). The van der Waals surface area contributed by atoms with E-state index in [0.717, 1.165) is 19.3 Å². The molecule has 1 aliphatic carbocycles. The molecule has 0 saturated heterocycles. The number of pyridine rings is 1. The Kier molecular flexibility index (Phi) is 4.67. The van der Waals surface area contributed by atoms with Gasteiger partial charge in [-0.1, -0.05) is 13.8 Å². The van der Waals surface area contributed by atoms with Gasteiger partial charge in [-0.2, -0.15) is 15.5 Å². The first-order valence-electron chi connectivity index (χ1n) is 13.9. The SMILES string of the molecule is [2H]C([2H])([2H])Nc1nc(-c2cnn(C)c2-c2c(F)cc3c(c2C#N)OC2(CC2)CC3(C)C)cc2c1C(=C=O)NN=C2CN. The lowest BCUT2D eigenvalue weighted by atomic mass is 9.75. The van der Waals surface area contributed by atoms with Crippen molar-refractivity contribution in [3.05, 3.63) is 46.4 Å². The highest BCUT2D eigenvalue weighted by Gasteiger charge is 2.54. The number of aryl methyl sites for hydroxylation is 1. The molecule has 2 aromatic heterocycles. The van der Waals surface area contributed by atoms with Crippen LogP contribution in [0.5, 0.6) is 5.75 Å². The molecule has 11 heteroatoms. The van der Waals surface area contributed by atoms with E-state index in [1.54, 1.807) is 19.1 Å². The molecule has 198 valence electrons. The van der Waals surface area contributed by atoms with Crippen LogP contribution in [-0.2, 0) is 17.3 Å². The Hall–Kier alpha value is -4.52. The van der Waals surface area contributed by atoms with E-state index < -0.39 is 18.2 Å². The molecule has 0 unspecified atom stereocenters. The van der Waals surface area contributed by atoms with Crippen LogP contribution >= 0.6 is 0 Å². The number of fused-ring (bicyclic) bond motifs is 2. The minimum Gasteiger partial charge on any atom is -0.486 e. The minimum atomic E-state index is -2.68. The molecular weight excluding hydrogens is 499 g/mol. The van der Waals surface area contributed by atoms with Gasteiger partial charge < -0.3 is 15.8 Å². The molecule has 10 nitrogen and oxygen atoms in total. The van der Waals surface area contributed by atoms with Crippen LogP contribution in [0.4, 0.5) is 10.2 Å². The molecule has 39 heavy (non-hydrogen) atoms. The summed E-state index contributed by atoms with van der Waals surface area (Å²) in [6.07, 6.45) is 3.90. The summed E-state index contributed by atoms with van der Waals surface area (Å²) in [6.45, 7) is 1.32. The molecule has 2 aliphatic heterocycles. The van der Waals surface area contributed by atoms with Crippen molar-refractivity contribution in [3.63, 3.8) is 0 Å². The van der Waals surface area contributed by atoms with Gasteiger partial charge in [0.25, 0.3) is 0 Å². The number of nitrogens with zero attached hydrogens (tertiary/aromatic N) is 5. The van der Waals surface area contributed by atoms with Gasteiger partial charge in [0.05, 0.1) is 34.4 Å². The van der Waals surface area contributed by atoms with Crippen LogP contribution in [0.25, 0.3) is 28.2 Å².